The molecule has 1 aliphatic carbocycles. The summed E-state index contributed by atoms with van der Waals surface area (Å²) in [5, 5.41) is 4.12. The normalized spacial score (nSPS) is 14.1. The lowest BCUT2D eigenvalue weighted by molar-refractivity contribution is 0.180. The van der Waals surface area contributed by atoms with Gasteiger partial charge in [0, 0.05) is 0 Å². The summed E-state index contributed by atoms with van der Waals surface area (Å²) in [5.74, 6) is 1.52. The second-order valence-corrected chi connectivity index (χ2v) is 6.77. The number of aromatic nitrogens is 2. The average Bonchev–Trinajstić information content (AvgIpc) is 3.29. The maximum absolute atomic E-state index is 13.4. The van der Waals surface area contributed by atoms with Gasteiger partial charge < -0.3 is 0 Å². The minimum atomic E-state index is -1.40. The molecular formula is C19H30F2N2. The van der Waals surface area contributed by atoms with Gasteiger partial charge in [0.2, 0.25) is 5.95 Å². The highest BCUT2D eigenvalue weighted by Crippen LogP contribution is 2.35. The van der Waals surface area contributed by atoms with Gasteiger partial charge in [-0.1, -0.05) is 39.8 Å². The van der Waals surface area contributed by atoms with Gasteiger partial charge in [-0.2, -0.15) is 4.39 Å². The van der Waals surface area contributed by atoms with Crippen molar-refractivity contribution in [2.75, 3.05) is 0 Å². The number of para-hydroxylation sites is 1. The third-order valence-corrected chi connectivity index (χ3v) is 3.70. The second kappa shape index (κ2) is 8.42. The van der Waals surface area contributed by atoms with Gasteiger partial charge in [0.25, 0.3) is 0 Å². The van der Waals surface area contributed by atoms with Crippen molar-refractivity contribution < 1.29 is 8.78 Å². The van der Waals surface area contributed by atoms with Gasteiger partial charge in [-0.05, 0) is 50.7 Å². The Morgan fingerprint density at radius 1 is 1.22 bits per heavy atom. The molecule has 1 fully saturated rings. The number of hydrogen-bond donors (Lipinski definition) is 0. The van der Waals surface area contributed by atoms with Crippen LogP contribution < -0.4 is 0 Å². The van der Waals surface area contributed by atoms with Crippen LogP contribution in [0.2, 0.25) is 0 Å². The quantitative estimate of drug-likeness (QED) is 0.677. The van der Waals surface area contributed by atoms with Gasteiger partial charge in [-0.3, -0.25) is 4.68 Å². The SMILES string of the molecule is CC.CC(C)(F)Cn1nc(F)c2ccccc21.CC(C)C1CC1. The van der Waals surface area contributed by atoms with Gasteiger partial charge in [0.05, 0.1) is 17.4 Å². The van der Waals surface area contributed by atoms with Crippen LogP contribution >= 0.6 is 0 Å². The number of benzene rings is 1. The van der Waals surface area contributed by atoms with Crippen molar-refractivity contribution in [2.45, 2.75) is 66.6 Å². The van der Waals surface area contributed by atoms with Crippen molar-refractivity contribution in [3.05, 3.63) is 30.2 Å². The fourth-order valence-electron chi connectivity index (χ4n) is 2.33. The van der Waals surface area contributed by atoms with E-state index in [1.165, 1.54) is 31.4 Å². The molecule has 1 aliphatic rings. The van der Waals surface area contributed by atoms with E-state index in [0.29, 0.717) is 10.9 Å². The molecule has 0 N–H and O–H groups in total. The fraction of sp³-hybridized carbons (Fsp3) is 0.632. The van der Waals surface area contributed by atoms with Gasteiger partial charge in [-0.15, -0.1) is 5.10 Å². The molecule has 130 valence electrons. The molecule has 2 nitrogen and oxygen atoms in total. The number of fused-ring (bicyclic) bond motifs is 1. The Morgan fingerprint density at radius 2 is 1.78 bits per heavy atom. The van der Waals surface area contributed by atoms with Crippen LogP contribution in [-0.4, -0.2) is 15.4 Å². The molecule has 1 saturated carbocycles. The van der Waals surface area contributed by atoms with Crippen LogP contribution in [0.1, 0.15) is 54.4 Å². The highest BCUT2D eigenvalue weighted by Gasteiger charge is 2.24. The Kier molecular flexibility index (Phi) is 7.17. The number of nitrogens with zero attached hydrogens (tertiary/aromatic N) is 2. The lowest BCUT2D eigenvalue weighted by Gasteiger charge is -2.14. The van der Waals surface area contributed by atoms with Gasteiger partial charge in [-0.25, -0.2) is 4.39 Å². The van der Waals surface area contributed by atoms with E-state index in [-0.39, 0.29) is 6.54 Å². The summed E-state index contributed by atoms with van der Waals surface area (Å²) in [4.78, 5) is 0. The maximum atomic E-state index is 13.4. The monoisotopic (exact) mass is 324 g/mol. The minimum absolute atomic E-state index is 0.0530. The molecular weight excluding hydrogens is 294 g/mol. The zero-order chi connectivity index (χ0) is 17.6. The van der Waals surface area contributed by atoms with E-state index in [1.54, 1.807) is 24.3 Å². The standard InChI is InChI=1S/C11H12F2N2.C6H12.C2H6/c1-11(2,13)7-15-9-6-4-3-5-8(9)10(12)14-15;1-5(2)6-3-4-6;1-2/h3-6H,7H2,1-2H3;5-6H,3-4H2,1-2H3;1-2H3. The number of halogens is 2. The average molecular weight is 324 g/mol. The third-order valence-electron chi connectivity index (χ3n) is 3.70. The van der Waals surface area contributed by atoms with Crippen LogP contribution in [-0.2, 0) is 6.54 Å². The molecule has 23 heavy (non-hydrogen) atoms. The van der Waals surface area contributed by atoms with E-state index in [0.717, 1.165) is 11.8 Å². The molecule has 0 saturated heterocycles. The van der Waals surface area contributed by atoms with Crippen LogP contribution in [0.5, 0.6) is 0 Å². The molecule has 0 radical (unpaired) electrons. The van der Waals surface area contributed by atoms with Crippen LogP contribution in [0.3, 0.4) is 0 Å². The van der Waals surface area contributed by atoms with Crippen molar-refractivity contribution >= 4 is 10.9 Å². The molecule has 0 aliphatic heterocycles. The Morgan fingerprint density at radius 3 is 2.22 bits per heavy atom. The number of alkyl halides is 1. The predicted molar refractivity (Wildman–Crippen MR) is 93.8 cm³/mol. The summed E-state index contributed by atoms with van der Waals surface area (Å²) in [7, 11) is 0. The maximum Gasteiger partial charge on any atom is 0.240 e. The summed E-state index contributed by atoms with van der Waals surface area (Å²) in [6.45, 7) is 11.6. The topological polar surface area (TPSA) is 17.8 Å². The zero-order valence-corrected chi connectivity index (χ0v) is 15.2. The first-order chi connectivity index (χ1) is 10.8. The van der Waals surface area contributed by atoms with Gasteiger partial charge in [0.1, 0.15) is 5.67 Å². The lowest BCUT2D eigenvalue weighted by atomic mass is 10.1. The summed E-state index contributed by atoms with van der Waals surface area (Å²) in [6, 6.07) is 6.89. The first kappa shape index (κ1) is 19.6. The summed E-state index contributed by atoms with van der Waals surface area (Å²) >= 11 is 0. The largest absolute Gasteiger partial charge is 0.259 e. The molecule has 0 amide bonds. The predicted octanol–water partition coefficient (Wildman–Crippen LogP) is 6.00. The zero-order valence-electron chi connectivity index (χ0n) is 15.2. The summed E-state index contributed by atoms with van der Waals surface area (Å²) in [5.41, 5.74) is -0.776. The Labute approximate surface area is 138 Å². The van der Waals surface area contributed by atoms with Crippen LogP contribution in [0.25, 0.3) is 10.9 Å². The van der Waals surface area contributed by atoms with Crippen LogP contribution in [0.15, 0.2) is 24.3 Å². The first-order valence-corrected chi connectivity index (χ1v) is 8.58. The molecule has 1 heterocycles. The molecule has 0 spiro atoms. The molecule has 3 rings (SSSR count). The first-order valence-electron chi connectivity index (χ1n) is 8.58. The number of hydrogen-bond acceptors (Lipinski definition) is 1. The summed E-state index contributed by atoms with van der Waals surface area (Å²) < 4.78 is 28.1. The van der Waals surface area contributed by atoms with Gasteiger partial charge in [0.15, 0.2) is 0 Å². The molecule has 4 heteroatoms. The minimum Gasteiger partial charge on any atom is -0.259 e. The highest BCUT2D eigenvalue weighted by molar-refractivity contribution is 5.79. The van der Waals surface area contributed by atoms with Crippen molar-refractivity contribution in [1.29, 1.82) is 0 Å². The number of rotatable bonds is 3. The molecule has 0 bridgehead atoms. The second-order valence-electron chi connectivity index (χ2n) is 6.77. The smallest absolute Gasteiger partial charge is 0.240 e. The Hall–Kier alpha value is -1.45. The van der Waals surface area contributed by atoms with Crippen LogP contribution in [0.4, 0.5) is 8.78 Å². The summed E-state index contributed by atoms with van der Waals surface area (Å²) in [6.07, 6.45) is 3.00. The van der Waals surface area contributed by atoms with E-state index >= 15 is 0 Å². The molecule has 1 aromatic carbocycles. The molecule has 1 aromatic heterocycles. The van der Waals surface area contributed by atoms with E-state index in [9.17, 15) is 8.78 Å². The molecule has 0 unspecified atom stereocenters. The van der Waals surface area contributed by atoms with Gasteiger partial charge >= 0.3 is 0 Å². The molecule has 2 aromatic rings. The van der Waals surface area contributed by atoms with E-state index < -0.39 is 11.6 Å². The molecule has 0 atom stereocenters. The fourth-order valence-corrected chi connectivity index (χ4v) is 2.33. The highest BCUT2D eigenvalue weighted by atomic mass is 19.1. The van der Waals surface area contributed by atoms with Crippen molar-refractivity contribution in [3.8, 4) is 0 Å². The van der Waals surface area contributed by atoms with Crippen molar-refractivity contribution in [1.82, 2.24) is 9.78 Å². The van der Waals surface area contributed by atoms with E-state index in [2.05, 4.69) is 18.9 Å². The Bertz CT molecular complexity index is 593. The Balaban J connectivity index is 0.000000276. The van der Waals surface area contributed by atoms with Crippen molar-refractivity contribution in [3.63, 3.8) is 0 Å². The van der Waals surface area contributed by atoms with Crippen LogP contribution in [0, 0.1) is 17.8 Å². The third kappa shape index (κ3) is 6.28. The van der Waals surface area contributed by atoms with E-state index in [1.807, 2.05) is 13.8 Å². The lowest BCUT2D eigenvalue weighted by Crippen LogP contribution is -2.21. The van der Waals surface area contributed by atoms with E-state index in [4.69, 9.17) is 0 Å². The van der Waals surface area contributed by atoms with Crippen molar-refractivity contribution in [2.24, 2.45) is 11.8 Å².